The van der Waals surface area contributed by atoms with Gasteiger partial charge in [-0.1, -0.05) is 36.4 Å². The fourth-order valence-electron chi connectivity index (χ4n) is 5.04. The molecule has 1 heterocycles. The number of para-hydroxylation sites is 1. The van der Waals surface area contributed by atoms with Crippen molar-refractivity contribution in [2.24, 2.45) is 0 Å². The SMILES string of the molecule is C=CCN1C[C@@H](C)N([C@H](c2ccc(C(=O)N(CC)CC)cc2)c2ccccc2OC(=O)N(C)C)C[C@@H]1C. The van der Waals surface area contributed by atoms with Crippen LogP contribution in [0.2, 0.25) is 0 Å². The van der Waals surface area contributed by atoms with Gasteiger partial charge in [-0.25, -0.2) is 4.79 Å². The Morgan fingerprint density at radius 1 is 1.03 bits per heavy atom. The lowest BCUT2D eigenvalue weighted by atomic mass is 9.92. The standard InChI is InChI=1S/C30H42N4O3/c1-8-19-33-20-23(5)34(21-22(33)4)28(26-13-11-12-14-27(26)37-30(36)31(6)7)24-15-17-25(18-16-24)29(35)32(9-2)10-3/h8,11-18,22-23,28H,1,9-10,19-21H2,2-7H3/t22-,23+,28+/m0/s1. The van der Waals surface area contributed by atoms with Gasteiger partial charge in [0.25, 0.3) is 5.91 Å². The van der Waals surface area contributed by atoms with Gasteiger partial charge in [0.2, 0.25) is 0 Å². The minimum atomic E-state index is -0.413. The predicted octanol–water partition coefficient (Wildman–Crippen LogP) is 4.90. The number of nitrogens with zero attached hydrogens (tertiary/aromatic N) is 4. The van der Waals surface area contributed by atoms with Gasteiger partial charge in [0.05, 0.1) is 6.04 Å². The molecule has 0 aromatic heterocycles. The Hall–Kier alpha value is -3.16. The number of piperazine rings is 1. The van der Waals surface area contributed by atoms with E-state index < -0.39 is 6.09 Å². The predicted molar refractivity (Wildman–Crippen MR) is 149 cm³/mol. The highest BCUT2D eigenvalue weighted by Crippen LogP contribution is 2.38. The van der Waals surface area contributed by atoms with E-state index in [0.29, 0.717) is 30.4 Å². The lowest BCUT2D eigenvalue weighted by molar-refractivity contribution is 0.0301. The normalized spacial score (nSPS) is 19.2. The van der Waals surface area contributed by atoms with Gasteiger partial charge in [-0.05, 0) is 51.5 Å². The number of amides is 2. The third-order valence-corrected chi connectivity index (χ3v) is 7.16. The zero-order valence-electron chi connectivity index (χ0n) is 23.2. The van der Waals surface area contributed by atoms with E-state index in [1.807, 2.05) is 73.4 Å². The lowest BCUT2D eigenvalue weighted by Gasteiger charge is -2.47. The Labute approximate surface area is 222 Å². The third kappa shape index (κ3) is 6.59. The Morgan fingerprint density at radius 2 is 1.68 bits per heavy atom. The number of ether oxygens (including phenoxy) is 1. The zero-order valence-corrected chi connectivity index (χ0v) is 23.2. The van der Waals surface area contributed by atoms with Crippen LogP contribution in [-0.4, -0.2) is 90.5 Å². The van der Waals surface area contributed by atoms with Gasteiger partial charge in [-0.2, -0.15) is 0 Å². The fourth-order valence-corrected chi connectivity index (χ4v) is 5.04. The van der Waals surface area contributed by atoms with Crippen LogP contribution in [-0.2, 0) is 0 Å². The summed E-state index contributed by atoms with van der Waals surface area (Å²) in [4.78, 5) is 33.6. The van der Waals surface area contributed by atoms with Gasteiger partial charge in [-0.3, -0.25) is 14.6 Å². The molecule has 0 spiro atoms. The first-order valence-electron chi connectivity index (χ1n) is 13.2. The molecule has 2 aromatic rings. The van der Waals surface area contributed by atoms with Crippen molar-refractivity contribution in [3.63, 3.8) is 0 Å². The summed E-state index contributed by atoms with van der Waals surface area (Å²) in [5, 5.41) is 0. The van der Waals surface area contributed by atoms with Crippen molar-refractivity contribution in [2.45, 2.75) is 45.8 Å². The topological polar surface area (TPSA) is 56.3 Å². The molecule has 2 aromatic carbocycles. The minimum Gasteiger partial charge on any atom is -0.410 e. The minimum absolute atomic E-state index is 0.0356. The highest BCUT2D eigenvalue weighted by molar-refractivity contribution is 5.94. The molecular formula is C30H42N4O3. The van der Waals surface area contributed by atoms with Crippen LogP contribution >= 0.6 is 0 Å². The van der Waals surface area contributed by atoms with E-state index in [2.05, 4.69) is 30.2 Å². The van der Waals surface area contributed by atoms with Gasteiger partial charge >= 0.3 is 6.09 Å². The smallest absolute Gasteiger partial charge is 0.410 e. The average molecular weight is 507 g/mol. The largest absolute Gasteiger partial charge is 0.414 e. The Balaban J connectivity index is 2.05. The van der Waals surface area contributed by atoms with Crippen LogP contribution in [0, 0.1) is 0 Å². The quantitative estimate of drug-likeness (QED) is 0.453. The summed E-state index contributed by atoms with van der Waals surface area (Å²) >= 11 is 0. The highest BCUT2D eigenvalue weighted by Gasteiger charge is 2.36. The fraction of sp³-hybridized carbons (Fsp3) is 0.467. The molecule has 0 aliphatic carbocycles. The number of hydrogen-bond donors (Lipinski definition) is 0. The second-order valence-electron chi connectivity index (χ2n) is 9.94. The molecule has 7 heteroatoms. The average Bonchev–Trinajstić information content (AvgIpc) is 2.89. The Kier molecular flexibility index (Phi) is 9.89. The summed E-state index contributed by atoms with van der Waals surface area (Å²) in [6.45, 7) is 16.3. The molecule has 7 nitrogen and oxygen atoms in total. The summed E-state index contributed by atoms with van der Waals surface area (Å²) in [7, 11) is 3.35. The van der Waals surface area contributed by atoms with Crippen LogP contribution in [0.5, 0.6) is 5.75 Å². The monoisotopic (exact) mass is 506 g/mol. The van der Waals surface area contributed by atoms with Crippen molar-refractivity contribution in [1.82, 2.24) is 19.6 Å². The molecular weight excluding hydrogens is 464 g/mol. The van der Waals surface area contributed by atoms with Crippen LogP contribution in [0.4, 0.5) is 4.79 Å². The van der Waals surface area contributed by atoms with Gasteiger partial charge in [0, 0.05) is 70.0 Å². The molecule has 1 aliphatic heterocycles. The molecule has 200 valence electrons. The van der Waals surface area contributed by atoms with E-state index in [1.54, 1.807) is 14.1 Å². The Bertz CT molecular complexity index is 1060. The van der Waals surface area contributed by atoms with E-state index in [1.165, 1.54) is 4.90 Å². The summed E-state index contributed by atoms with van der Waals surface area (Å²) in [6, 6.07) is 16.1. The number of carbonyl (C=O) groups is 2. The van der Waals surface area contributed by atoms with Crippen LogP contribution in [0.3, 0.4) is 0 Å². The molecule has 2 amide bonds. The van der Waals surface area contributed by atoms with Gasteiger partial charge in [0.15, 0.2) is 0 Å². The first-order valence-corrected chi connectivity index (χ1v) is 13.2. The van der Waals surface area contributed by atoms with Crippen molar-refractivity contribution in [1.29, 1.82) is 0 Å². The van der Waals surface area contributed by atoms with Crippen LogP contribution < -0.4 is 4.74 Å². The van der Waals surface area contributed by atoms with Crippen molar-refractivity contribution in [3.05, 3.63) is 77.9 Å². The highest BCUT2D eigenvalue weighted by atomic mass is 16.6. The van der Waals surface area contributed by atoms with E-state index in [-0.39, 0.29) is 18.0 Å². The molecule has 0 N–H and O–H groups in total. The maximum absolute atomic E-state index is 12.9. The molecule has 0 radical (unpaired) electrons. The number of rotatable bonds is 9. The van der Waals surface area contributed by atoms with Crippen molar-refractivity contribution < 1.29 is 14.3 Å². The lowest BCUT2D eigenvalue weighted by Crippen LogP contribution is -2.57. The maximum atomic E-state index is 12.9. The van der Waals surface area contributed by atoms with Gasteiger partial charge in [-0.15, -0.1) is 6.58 Å². The molecule has 0 saturated carbocycles. The number of benzene rings is 2. The van der Waals surface area contributed by atoms with E-state index in [4.69, 9.17) is 4.74 Å². The molecule has 1 saturated heterocycles. The van der Waals surface area contributed by atoms with Crippen LogP contribution in [0.25, 0.3) is 0 Å². The second-order valence-corrected chi connectivity index (χ2v) is 9.94. The second kappa shape index (κ2) is 12.9. The van der Waals surface area contributed by atoms with Crippen LogP contribution in [0.15, 0.2) is 61.2 Å². The zero-order chi connectivity index (χ0) is 27.1. The van der Waals surface area contributed by atoms with Crippen molar-refractivity contribution >= 4 is 12.0 Å². The first kappa shape index (κ1) is 28.4. The molecule has 0 unspecified atom stereocenters. The summed E-state index contributed by atoms with van der Waals surface area (Å²) < 4.78 is 5.82. The first-order chi connectivity index (χ1) is 17.7. The van der Waals surface area contributed by atoms with Gasteiger partial charge < -0.3 is 14.5 Å². The molecule has 3 rings (SSSR count). The summed E-state index contributed by atoms with van der Waals surface area (Å²) in [6.07, 6.45) is 1.54. The Morgan fingerprint density at radius 3 is 2.27 bits per heavy atom. The van der Waals surface area contributed by atoms with E-state index in [0.717, 1.165) is 30.8 Å². The molecule has 1 aliphatic rings. The van der Waals surface area contributed by atoms with E-state index >= 15 is 0 Å². The molecule has 37 heavy (non-hydrogen) atoms. The molecule has 1 fully saturated rings. The van der Waals surface area contributed by atoms with Crippen molar-refractivity contribution in [2.75, 3.05) is 46.8 Å². The third-order valence-electron chi connectivity index (χ3n) is 7.16. The van der Waals surface area contributed by atoms with Crippen LogP contribution in [0.1, 0.15) is 55.2 Å². The van der Waals surface area contributed by atoms with Gasteiger partial charge in [0.1, 0.15) is 5.75 Å². The van der Waals surface area contributed by atoms with Crippen molar-refractivity contribution in [3.8, 4) is 5.75 Å². The van der Waals surface area contributed by atoms with E-state index in [9.17, 15) is 9.59 Å². The molecule has 3 atom stereocenters. The summed E-state index contributed by atoms with van der Waals surface area (Å²) in [5.41, 5.74) is 2.66. The number of carbonyl (C=O) groups excluding carboxylic acids is 2. The summed E-state index contributed by atoms with van der Waals surface area (Å²) in [5.74, 6) is 0.580. The molecule has 0 bridgehead atoms. The number of hydrogen-bond acceptors (Lipinski definition) is 5. The maximum Gasteiger partial charge on any atom is 0.414 e.